The van der Waals surface area contributed by atoms with E-state index in [1.807, 2.05) is 0 Å². The van der Waals surface area contributed by atoms with E-state index >= 15 is 0 Å². The number of hydrogen-bond acceptors (Lipinski definition) is 3. The number of carbonyl (C=O) groups excluding carboxylic acids is 1. The first-order valence-electron chi connectivity index (χ1n) is 5.53. The molecule has 1 aromatic carbocycles. The van der Waals surface area contributed by atoms with E-state index in [4.69, 9.17) is 9.84 Å². The number of nitrogens with one attached hydrogen (secondary N) is 1. The number of benzene rings is 1. The van der Waals surface area contributed by atoms with E-state index in [1.54, 1.807) is 0 Å². The topological polar surface area (TPSA) is 75.6 Å². The van der Waals surface area contributed by atoms with E-state index in [0.717, 1.165) is 18.2 Å². The van der Waals surface area contributed by atoms with Crippen LogP contribution in [0.5, 0.6) is 5.75 Å². The van der Waals surface area contributed by atoms with Gasteiger partial charge < -0.3 is 15.2 Å². The Morgan fingerprint density at radius 2 is 2.26 bits per heavy atom. The van der Waals surface area contributed by atoms with Gasteiger partial charge in [-0.3, -0.25) is 4.79 Å². The van der Waals surface area contributed by atoms with Gasteiger partial charge in [-0.15, -0.1) is 6.58 Å². The van der Waals surface area contributed by atoms with Gasteiger partial charge in [0.2, 0.25) is 0 Å². The zero-order chi connectivity index (χ0) is 14.4. The Morgan fingerprint density at radius 1 is 1.58 bits per heavy atom. The largest absolute Gasteiger partial charge is 0.480 e. The van der Waals surface area contributed by atoms with Crippen molar-refractivity contribution in [3.8, 4) is 5.75 Å². The van der Waals surface area contributed by atoms with Gasteiger partial charge in [-0.1, -0.05) is 6.08 Å². The molecule has 0 heterocycles. The Bertz CT molecular complexity index is 501. The molecule has 0 bridgehead atoms. The number of rotatable bonds is 6. The Hall–Kier alpha value is -2.37. The molecule has 0 fully saturated rings. The van der Waals surface area contributed by atoms with Gasteiger partial charge in [0.05, 0.1) is 0 Å². The number of hydrogen-bond donors (Lipinski definition) is 2. The summed E-state index contributed by atoms with van der Waals surface area (Å²) in [6, 6.07) is 3.03. The van der Waals surface area contributed by atoms with Crippen molar-refractivity contribution in [2.45, 2.75) is 13.0 Å². The molecule has 0 aliphatic rings. The molecule has 2 N–H and O–H groups in total. The molecule has 0 saturated heterocycles. The molecule has 0 radical (unpaired) electrons. The number of carbonyl (C=O) groups is 2. The molecule has 5 nitrogen and oxygen atoms in total. The van der Waals surface area contributed by atoms with Gasteiger partial charge in [0.25, 0.3) is 5.91 Å². The van der Waals surface area contributed by atoms with Crippen LogP contribution in [0.3, 0.4) is 0 Å². The quantitative estimate of drug-likeness (QED) is 0.767. The summed E-state index contributed by atoms with van der Waals surface area (Å²) < 4.78 is 18.3. The van der Waals surface area contributed by atoms with Gasteiger partial charge in [-0.2, -0.15) is 0 Å². The molecule has 0 aromatic heterocycles. The predicted molar refractivity (Wildman–Crippen MR) is 66.7 cm³/mol. The highest BCUT2D eigenvalue weighted by Crippen LogP contribution is 2.21. The minimum atomic E-state index is -1.26. The lowest BCUT2D eigenvalue weighted by atomic mass is 10.2. The number of carboxylic acid groups (broad SMARTS) is 1. The maximum absolute atomic E-state index is 13.1. The van der Waals surface area contributed by atoms with Gasteiger partial charge in [-0.25, -0.2) is 9.18 Å². The first kappa shape index (κ1) is 14.7. The summed E-state index contributed by atoms with van der Waals surface area (Å²) in [5.74, 6) is -2.53. The molecule has 1 rings (SSSR count). The fraction of sp³-hybridized carbons (Fsp3) is 0.231. The smallest absolute Gasteiger partial charge is 0.339 e. The third kappa shape index (κ3) is 4.09. The summed E-state index contributed by atoms with van der Waals surface area (Å²) >= 11 is 0. The van der Waals surface area contributed by atoms with Crippen LogP contribution in [0.1, 0.15) is 17.3 Å². The van der Waals surface area contributed by atoms with E-state index in [9.17, 15) is 14.0 Å². The van der Waals surface area contributed by atoms with Crippen molar-refractivity contribution in [3.05, 3.63) is 42.2 Å². The summed E-state index contributed by atoms with van der Waals surface area (Å²) in [7, 11) is 0. The number of halogens is 1. The third-order valence-corrected chi connectivity index (χ3v) is 2.27. The highest BCUT2D eigenvalue weighted by atomic mass is 19.1. The molecule has 1 unspecified atom stereocenters. The molecule has 102 valence electrons. The molecule has 0 aliphatic carbocycles. The molecule has 0 spiro atoms. The van der Waals surface area contributed by atoms with E-state index in [0.29, 0.717) is 0 Å². The van der Waals surface area contributed by atoms with Gasteiger partial charge in [0, 0.05) is 12.6 Å². The average molecular weight is 267 g/mol. The lowest BCUT2D eigenvalue weighted by Gasteiger charge is -2.15. The maximum Gasteiger partial charge on any atom is 0.339 e. The highest BCUT2D eigenvalue weighted by Gasteiger charge is 2.18. The van der Waals surface area contributed by atoms with Crippen molar-refractivity contribution >= 4 is 11.9 Å². The summed E-state index contributed by atoms with van der Waals surface area (Å²) in [4.78, 5) is 22.5. The van der Waals surface area contributed by atoms with Crippen LogP contribution in [-0.2, 0) is 4.79 Å². The number of aromatic carboxylic acids is 1. The minimum Gasteiger partial charge on any atom is -0.480 e. The SMILES string of the molecule is C=CCNC(=O)C(C)Oc1cc(F)ccc1C(=O)O. The van der Waals surface area contributed by atoms with Gasteiger partial charge in [0.15, 0.2) is 6.10 Å². The van der Waals surface area contributed by atoms with Crippen LogP contribution in [0.25, 0.3) is 0 Å². The maximum atomic E-state index is 13.1. The lowest BCUT2D eigenvalue weighted by Crippen LogP contribution is -2.36. The van der Waals surface area contributed by atoms with E-state index < -0.39 is 23.8 Å². The van der Waals surface area contributed by atoms with Crippen molar-refractivity contribution in [2.24, 2.45) is 0 Å². The second-order valence-electron chi connectivity index (χ2n) is 3.74. The first-order valence-corrected chi connectivity index (χ1v) is 5.53. The van der Waals surface area contributed by atoms with Crippen LogP contribution < -0.4 is 10.1 Å². The van der Waals surface area contributed by atoms with Crippen molar-refractivity contribution in [2.75, 3.05) is 6.54 Å². The first-order chi connectivity index (χ1) is 8.95. The number of ether oxygens (including phenoxy) is 1. The zero-order valence-electron chi connectivity index (χ0n) is 10.4. The van der Waals surface area contributed by atoms with E-state index in [2.05, 4.69) is 11.9 Å². The Balaban J connectivity index is 2.86. The van der Waals surface area contributed by atoms with Gasteiger partial charge in [-0.05, 0) is 19.1 Å². The second kappa shape index (κ2) is 6.53. The monoisotopic (exact) mass is 267 g/mol. The second-order valence-corrected chi connectivity index (χ2v) is 3.74. The van der Waals surface area contributed by atoms with Gasteiger partial charge in [0.1, 0.15) is 17.1 Å². The molecule has 1 aromatic rings. The van der Waals surface area contributed by atoms with Crippen molar-refractivity contribution in [3.63, 3.8) is 0 Å². The summed E-state index contributed by atoms with van der Waals surface area (Å²) in [6.45, 7) is 5.15. The molecule has 1 amide bonds. The van der Waals surface area contributed by atoms with E-state index in [-0.39, 0.29) is 17.9 Å². The molecule has 19 heavy (non-hydrogen) atoms. The predicted octanol–water partition coefficient (Wildman–Crippen LogP) is 1.59. The Morgan fingerprint density at radius 3 is 2.84 bits per heavy atom. The average Bonchev–Trinajstić information content (AvgIpc) is 2.35. The number of amides is 1. The zero-order valence-corrected chi connectivity index (χ0v) is 10.4. The van der Waals surface area contributed by atoms with Crippen molar-refractivity contribution in [1.29, 1.82) is 0 Å². The summed E-state index contributed by atoms with van der Waals surface area (Å²) in [6.07, 6.45) is 0.551. The third-order valence-electron chi connectivity index (χ3n) is 2.27. The standard InChI is InChI=1S/C13H14FNO4/c1-3-6-15-12(16)8(2)19-11-7-9(14)4-5-10(11)13(17)18/h3-5,7-8H,1,6H2,2H3,(H,15,16)(H,17,18). The van der Waals surface area contributed by atoms with Crippen LogP contribution in [0, 0.1) is 5.82 Å². The lowest BCUT2D eigenvalue weighted by molar-refractivity contribution is -0.127. The summed E-state index contributed by atoms with van der Waals surface area (Å²) in [5.41, 5.74) is -0.204. The molecular weight excluding hydrogens is 253 g/mol. The Labute approximate surface area is 109 Å². The molecule has 0 aliphatic heterocycles. The molecule has 6 heteroatoms. The fourth-order valence-electron chi connectivity index (χ4n) is 1.33. The van der Waals surface area contributed by atoms with Crippen molar-refractivity contribution < 1.29 is 23.8 Å². The van der Waals surface area contributed by atoms with E-state index in [1.165, 1.54) is 13.0 Å². The normalized spacial score (nSPS) is 11.5. The number of carboxylic acids is 1. The van der Waals surface area contributed by atoms with Crippen LogP contribution in [0.15, 0.2) is 30.9 Å². The van der Waals surface area contributed by atoms with Crippen LogP contribution in [0.4, 0.5) is 4.39 Å². The Kier molecular flexibility index (Phi) is 5.05. The van der Waals surface area contributed by atoms with Crippen LogP contribution in [0.2, 0.25) is 0 Å². The molecule has 1 atom stereocenters. The van der Waals surface area contributed by atoms with Crippen LogP contribution >= 0.6 is 0 Å². The highest BCUT2D eigenvalue weighted by molar-refractivity contribution is 5.91. The minimum absolute atomic E-state index is 0.186. The van der Waals surface area contributed by atoms with Crippen molar-refractivity contribution in [1.82, 2.24) is 5.32 Å². The fourth-order valence-corrected chi connectivity index (χ4v) is 1.33. The summed E-state index contributed by atoms with van der Waals surface area (Å²) in [5, 5.41) is 11.4. The van der Waals surface area contributed by atoms with Crippen LogP contribution in [-0.4, -0.2) is 29.6 Å². The molecular formula is C13H14FNO4. The van der Waals surface area contributed by atoms with Gasteiger partial charge >= 0.3 is 5.97 Å². The molecule has 0 saturated carbocycles.